The molecule has 1 heterocycles. The lowest BCUT2D eigenvalue weighted by molar-refractivity contribution is -0.111. The Kier molecular flexibility index (Phi) is 7.28. The van der Waals surface area contributed by atoms with Gasteiger partial charge in [0, 0.05) is 25.0 Å². The summed E-state index contributed by atoms with van der Waals surface area (Å²) in [4.78, 5) is 14.2. The minimum Gasteiger partial charge on any atom is -0.397 e. The maximum Gasteiger partial charge on any atom is 0.249 e. The van der Waals surface area contributed by atoms with Crippen molar-refractivity contribution in [2.24, 2.45) is 0 Å². The number of allylic oxidation sites excluding steroid dienone is 3. The third-order valence-corrected chi connectivity index (χ3v) is 8.26. The van der Waals surface area contributed by atoms with Crippen molar-refractivity contribution in [3.8, 4) is 0 Å². The van der Waals surface area contributed by atoms with Crippen LogP contribution >= 0.6 is 0 Å². The summed E-state index contributed by atoms with van der Waals surface area (Å²) in [7, 11) is -0.0979. The molecule has 0 bridgehead atoms. The number of anilines is 2. The second-order valence-corrected chi connectivity index (χ2v) is 11.3. The molecule has 0 radical (unpaired) electrons. The number of amides is 1. The first-order chi connectivity index (χ1) is 17.2. The van der Waals surface area contributed by atoms with Crippen molar-refractivity contribution in [3.63, 3.8) is 0 Å². The first-order valence-electron chi connectivity index (χ1n) is 11.6. The van der Waals surface area contributed by atoms with E-state index in [0.717, 1.165) is 11.1 Å². The van der Waals surface area contributed by atoms with Crippen LogP contribution in [0.2, 0.25) is 0 Å². The van der Waals surface area contributed by atoms with Gasteiger partial charge in [0.1, 0.15) is 4.75 Å². The predicted molar refractivity (Wildman–Crippen MR) is 147 cm³/mol. The van der Waals surface area contributed by atoms with Gasteiger partial charge in [-0.05, 0) is 61.5 Å². The van der Waals surface area contributed by atoms with E-state index in [1.807, 2.05) is 61.5 Å². The quantitative estimate of drug-likeness (QED) is 0.355. The number of carbonyl (C=O) groups excluding carboxylic acids is 1. The number of carbonyl (C=O) groups is 1. The zero-order valence-corrected chi connectivity index (χ0v) is 21.2. The van der Waals surface area contributed by atoms with Gasteiger partial charge in [0.15, 0.2) is 0 Å². The van der Waals surface area contributed by atoms with E-state index in [2.05, 4.69) is 5.32 Å². The molecule has 1 amide bonds. The van der Waals surface area contributed by atoms with Crippen molar-refractivity contribution in [2.45, 2.75) is 11.2 Å². The van der Waals surface area contributed by atoms with Gasteiger partial charge in [-0.3, -0.25) is 8.77 Å². The maximum absolute atomic E-state index is 14.0. The predicted octanol–water partition coefficient (Wildman–Crippen LogP) is 4.24. The molecular formula is C28H30N4O3S. The second-order valence-electron chi connectivity index (χ2n) is 9.09. The number of aromatic nitrogens is 1. The average Bonchev–Trinajstić information content (AvgIpc) is 3.34. The fourth-order valence-electron chi connectivity index (χ4n) is 4.34. The summed E-state index contributed by atoms with van der Waals surface area (Å²) in [6.07, 6.45) is 11.9. The molecule has 186 valence electrons. The smallest absolute Gasteiger partial charge is 0.249 e. The summed E-state index contributed by atoms with van der Waals surface area (Å²) in [5.41, 5.74) is 9.41. The number of benzene rings is 2. The number of para-hydroxylation sites is 2. The van der Waals surface area contributed by atoms with Crippen LogP contribution in [0.25, 0.3) is 11.6 Å². The van der Waals surface area contributed by atoms with E-state index >= 15 is 0 Å². The van der Waals surface area contributed by atoms with E-state index in [-0.39, 0.29) is 5.91 Å². The molecule has 0 saturated heterocycles. The lowest BCUT2D eigenvalue weighted by Crippen LogP contribution is -2.48. The highest BCUT2D eigenvalue weighted by atomic mass is 32.2. The van der Waals surface area contributed by atoms with Crippen LogP contribution in [-0.4, -0.2) is 48.6 Å². The molecule has 3 aromatic rings. The van der Waals surface area contributed by atoms with E-state index < -0.39 is 14.8 Å². The van der Waals surface area contributed by atoms with Crippen molar-refractivity contribution in [3.05, 3.63) is 108 Å². The van der Waals surface area contributed by atoms with Crippen molar-refractivity contribution in [1.29, 1.82) is 0 Å². The van der Waals surface area contributed by atoms with Gasteiger partial charge < -0.3 is 16.0 Å². The number of rotatable bonds is 8. The summed E-state index contributed by atoms with van der Waals surface area (Å²) in [6.45, 7) is 0.320. The van der Waals surface area contributed by atoms with Crippen molar-refractivity contribution in [2.75, 3.05) is 31.7 Å². The first kappa shape index (κ1) is 25.2. The Morgan fingerprint density at radius 2 is 1.83 bits per heavy atom. The third kappa shape index (κ3) is 5.35. The van der Waals surface area contributed by atoms with Crippen LogP contribution in [0.15, 0.2) is 97.4 Å². The van der Waals surface area contributed by atoms with E-state index in [1.54, 1.807) is 42.5 Å². The Hall–Kier alpha value is -3.88. The standard InChI is InChI=1S/C28H30N4O3S/c1-31(2)21-28(17-8-11-24(19-28)23-9-4-3-5-10-23)36(34,35)32-18-16-22(20-32)14-15-27(33)30-26-13-7-6-12-25(26)29/h3-18,20H,19,21,29H2,1-2H3,(H,30,33). The SMILES string of the molecule is CN(C)CC1(S(=O)(=O)n2ccc(C=CC(=O)Nc3ccccc3N)c2)C=CC=C(c2ccccc2)C1. The normalized spacial score (nSPS) is 17.9. The van der Waals surface area contributed by atoms with E-state index in [1.165, 1.54) is 22.4 Å². The van der Waals surface area contributed by atoms with E-state index in [0.29, 0.717) is 29.9 Å². The summed E-state index contributed by atoms with van der Waals surface area (Å²) in [5, 5.41) is 2.72. The Labute approximate surface area is 212 Å². The Morgan fingerprint density at radius 3 is 2.56 bits per heavy atom. The molecule has 1 aromatic heterocycles. The third-order valence-electron chi connectivity index (χ3n) is 6.04. The molecule has 3 N–H and O–H groups in total. The van der Waals surface area contributed by atoms with Gasteiger partial charge in [-0.1, -0.05) is 60.7 Å². The largest absolute Gasteiger partial charge is 0.397 e. The molecular weight excluding hydrogens is 472 g/mol. The molecule has 0 fully saturated rings. The van der Waals surface area contributed by atoms with E-state index in [4.69, 9.17) is 5.73 Å². The van der Waals surface area contributed by atoms with Crippen LogP contribution in [0.3, 0.4) is 0 Å². The summed E-state index contributed by atoms with van der Waals surface area (Å²) in [6, 6.07) is 18.5. The molecule has 7 nitrogen and oxygen atoms in total. The van der Waals surface area contributed by atoms with Crippen LogP contribution in [0.5, 0.6) is 0 Å². The molecule has 8 heteroatoms. The van der Waals surface area contributed by atoms with Crippen molar-refractivity contribution >= 4 is 39.0 Å². The number of hydrogen-bond acceptors (Lipinski definition) is 5. The molecule has 36 heavy (non-hydrogen) atoms. The summed E-state index contributed by atoms with van der Waals surface area (Å²) >= 11 is 0. The molecule has 0 saturated carbocycles. The van der Waals surface area contributed by atoms with Crippen LogP contribution in [0.1, 0.15) is 17.5 Å². The molecule has 0 spiro atoms. The lowest BCUT2D eigenvalue weighted by Gasteiger charge is -2.35. The summed E-state index contributed by atoms with van der Waals surface area (Å²) < 4.78 is 28.1. The molecule has 0 aliphatic heterocycles. The lowest BCUT2D eigenvalue weighted by atomic mass is 9.89. The van der Waals surface area contributed by atoms with Crippen LogP contribution < -0.4 is 11.1 Å². The van der Waals surface area contributed by atoms with Gasteiger partial charge in [-0.25, -0.2) is 8.42 Å². The monoisotopic (exact) mass is 502 g/mol. The minimum atomic E-state index is -3.84. The number of nitrogens with two attached hydrogens (primary N) is 1. The molecule has 1 aliphatic carbocycles. The highest BCUT2D eigenvalue weighted by molar-refractivity contribution is 7.91. The number of nitrogen functional groups attached to an aromatic ring is 1. The number of nitrogens with one attached hydrogen (secondary N) is 1. The van der Waals surface area contributed by atoms with Crippen molar-refractivity contribution < 1.29 is 13.2 Å². The Morgan fingerprint density at radius 1 is 1.11 bits per heavy atom. The molecule has 1 aliphatic rings. The topological polar surface area (TPSA) is 97.4 Å². The van der Waals surface area contributed by atoms with Crippen LogP contribution in [-0.2, 0) is 14.8 Å². The molecule has 4 rings (SSSR count). The minimum absolute atomic E-state index is 0.320. The zero-order valence-electron chi connectivity index (χ0n) is 20.3. The van der Waals surface area contributed by atoms with Gasteiger partial charge in [-0.2, -0.15) is 0 Å². The van der Waals surface area contributed by atoms with E-state index in [9.17, 15) is 13.2 Å². The van der Waals surface area contributed by atoms with Gasteiger partial charge in [0.25, 0.3) is 0 Å². The summed E-state index contributed by atoms with van der Waals surface area (Å²) in [5.74, 6) is -0.361. The Balaban J connectivity index is 1.58. The average molecular weight is 503 g/mol. The van der Waals surface area contributed by atoms with Crippen LogP contribution in [0, 0.1) is 0 Å². The number of nitrogens with zero attached hydrogens (tertiary/aromatic N) is 2. The molecule has 1 unspecified atom stereocenters. The molecule has 1 atom stereocenters. The van der Waals surface area contributed by atoms with Gasteiger partial charge in [0.2, 0.25) is 15.9 Å². The van der Waals surface area contributed by atoms with Crippen LogP contribution in [0.4, 0.5) is 11.4 Å². The first-order valence-corrected chi connectivity index (χ1v) is 13.0. The zero-order chi connectivity index (χ0) is 25.8. The number of hydrogen-bond donors (Lipinski definition) is 2. The fraction of sp³-hybridized carbons (Fsp3) is 0.179. The second kappa shape index (κ2) is 10.4. The Bertz CT molecular complexity index is 1440. The highest BCUT2D eigenvalue weighted by Crippen LogP contribution is 2.37. The van der Waals surface area contributed by atoms with Gasteiger partial charge in [0.05, 0.1) is 11.4 Å². The highest BCUT2D eigenvalue weighted by Gasteiger charge is 2.45. The molecule has 2 aromatic carbocycles. The van der Waals surface area contributed by atoms with Gasteiger partial charge in [-0.15, -0.1) is 0 Å². The fourth-order valence-corrected chi connectivity index (χ4v) is 6.25. The van der Waals surface area contributed by atoms with Crippen molar-refractivity contribution in [1.82, 2.24) is 8.87 Å². The van der Waals surface area contributed by atoms with Gasteiger partial charge >= 0.3 is 0 Å². The maximum atomic E-state index is 14.0.